The molecule has 2 heterocycles. The number of rotatable bonds is 3. The molecule has 0 spiro atoms. The second-order valence-corrected chi connectivity index (χ2v) is 4.75. The second-order valence-electron chi connectivity index (χ2n) is 4.75. The Labute approximate surface area is 103 Å². The standard InChI is InChI=1S/C13H22N4/c1-4-11-5-7-17(8-6-11)13-9-12(14-3)15-10(2)16-13/h9,11H,4-8H2,1-3H3,(H,14,15,16). The molecule has 1 aromatic rings. The summed E-state index contributed by atoms with van der Waals surface area (Å²) >= 11 is 0. The zero-order valence-corrected chi connectivity index (χ0v) is 11.0. The maximum absolute atomic E-state index is 4.53. The molecule has 0 aromatic carbocycles. The van der Waals surface area contributed by atoms with E-state index in [1.165, 1.54) is 19.3 Å². The van der Waals surface area contributed by atoms with Gasteiger partial charge in [-0.3, -0.25) is 0 Å². The number of piperidine rings is 1. The van der Waals surface area contributed by atoms with E-state index in [1.807, 2.05) is 20.0 Å². The van der Waals surface area contributed by atoms with Gasteiger partial charge in [0.2, 0.25) is 0 Å². The van der Waals surface area contributed by atoms with Crippen molar-refractivity contribution in [3.05, 3.63) is 11.9 Å². The Hall–Kier alpha value is -1.32. The average molecular weight is 234 g/mol. The third kappa shape index (κ3) is 2.87. The van der Waals surface area contributed by atoms with Crippen LogP contribution in [0.1, 0.15) is 32.0 Å². The molecule has 0 aliphatic carbocycles. The molecule has 0 bridgehead atoms. The van der Waals surface area contributed by atoms with Gasteiger partial charge in [-0.15, -0.1) is 0 Å². The number of aryl methyl sites for hydroxylation is 1. The van der Waals surface area contributed by atoms with Crippen molar-refractivity contribution in [2.75, 3.05) is 30.4 Å². The van der Waals surface area contributed by atoms with Crippen LogP contribution in [0.5, 0.6) is 0 Å². The quantitative estimate of drug-likeness (QED) is 0.872. The monoisotopic (exact) mass is 234 g/mol. The Kier molecular flexibility index (Phi) is 3.82. The van der Waals surface area contributed by atoms with Gasteiger partial charge in [-0.05, 0) is 25.7 Å². The van der Waals surface area contributed by atoms with E-state index >= 15 is 0 Å². The van der Waals surface area contributed by atoms with Crippen molar-refractivity contribution in [1.29, 1.82) is 0 Å². The third-order valence-corrected chi connectivity index (χ3v) is 3.60. The molecule has 1 N–H and O–H groups in total. The molecule has 1 fully saturated rings. The first-order chi connectivity index (χ1) is 8.22. The van der Waals surface area contributed by atoms with Crippen molar-refractivity contribution in [3.8, 4) is 0 Å². The highest BCUT2D eigenvalue weighted by Crippen LogP contribution is 2.24. The first-order valence-corrected chi connectivity index (χ1v) is 6.51. The highest BCUT2D eigenvalue weighted by Gasteiger charge is 2.19. The molecule has 17 heavy (non-hydrogen) atoms. The van der Waals surface area contributed by atoms with Crippen LogP contribution in [0.2, 0.25) is 0 Å². The number of anilines is 2. The SMILES string of the molecule is CCC1CCN(c2cc(NC)nc(C)n2)CC1. The van der Waals surface area contributed by atoms with Gasteiger partial charge < -0.3 is 10.2 Å². The Bertz CT molecular complexity index is 370. The number of nitrogens with zero attached hydrogens (tertiary/aromatic N) is 3. The second kappa shape index (κ2) is 5.34. The maximum Gasteiger partial charge on any atom is 0.134 e. The van der Waals surface area contributed by atoms with E-state index in [9.17, 15) is 0 Å². The normalized spacial score (nSPS) is 17.2. The molecule has 2 rings (SSSR count). The van der Waals surface area contributed by atoms with Crippen molar-refractivity contribution < 1.29 is 0 Å². The summed E-state index contributed by atoms with van der Waals surface area (Å²) in [6.07, 6.45) is 3.88. The number of nitrogens with one attached hydrogen (secondary N) is 1. The van der Waals surface area contributed by atoms with Gasteiger partial charge in [0.1, 0.15) is 17.5 Å². The zero-order chi connectivity index (χ0) is 12.3. The van der Waals surface area contributed by atoms with Gasteiger partial charge in [-0.1, -0.05) is 13.3 Å². The lowest BCUT2D eigenvalue weighted by atomic mass is 9.94. The summed E-state index contributed by atoms with van der Waals surface area (Å²) in [6.45, 7) is 6.48. The molecule has 4 heteroatoms. The van der Waals surface area contributed by atoms with Gasteiger partial charge in [0.15, 0.2) is 0 Å². The van der Waals surface area contributed by atoms with Gasteiger partial charge in [0.05, 0.1) is 0 Å². The van der Waals surface area contributed by atoms with Gasteiger partial charge in [-0.25, -0.2) is 9.97 Å². The molecule has 0 unspecified atom stereocenters. The van der Waals surface area contributed by atoms with Crippen LogP contribution in [0, 0.1) is 12.8 Å². The smallest absolute Gasteiger partial charge is 0.134 e. The molecular formula is C13H22N4. The van der Waals surface area contributed by atoms with Crippen LogP contribution in [-0.2, 0) is 0 Å². The lowest BCUT2D eigenvalue weighted by Crippen LogP contribution is -2.34. The van der Waals surface area contributed by atoms with Gasteiger partial charge in [0.25, 0.3) is 0 Å². The first-order valence-electron chi connectivity index (χ1n) is 6.51. The van der Waals surface area contributed by atoms with E-state index in [4.69, 9.17) is 0 Å². The number of hydrogen-bond donors (Lipinski definition) is 1. The van der Waals surface area contributed by atoms with Gasteiger partial charge >= 0.3 is 0 Å². The highest BCUT2D eigenvalue weighted by atomic mass is 15.2. The molecule has 94 valence electrons. The topological polar surface area (TPSA) is 41.0 Å². The molecule has 1 saturated heterocycles. The van der Waals surface area contributed by atoms with Crippen LogP contribution in [0.3, 0.4) is 0 Å². The van der Waals surface area contributed by atoms with Crippen molar-refractivity contribution in [3.63, 3.8) is 0 Å². The summed E-state index contributed by atoms with van der Waals surface area (Å²) in [5.41, 5.74) is 0. The largest absolute Gasteiger partial charge is 0.373 e. The lowest BCUT2D eigenvalue weighted by Gasteiger charge is -2.32. The summed E-state index contributed by atoms with van der Waals surface area (Å²) in [4.78, 5) is 11.2. The fraction of sp³-hybridized carbons (Fsp3) is 0.692. The number of hydrogen-bond acceptors (Lipinski definition) is 4. The minimum atomic E-state index is 0.837. The molecule has 1 aliphatic rings. The zero-order valence-electron chi connectivity index (χ0n) is 11.0. The Balaban J connectivity index is 2.10. The summed E-state index contributed by atoms with van der Waals surface area (Å²) < 4.78 is 0. The van der Waals surface area contributed by atoms with Crippen molar-refractivity contribution >= 4 is 11.6 Å². The van der Waals surface area contributed by atoms with E-state index < -0.39 is 0 Å². The third-order valence-electron chi connectivity index (χ3n) is 3.60. The molecule has 0 radical (unpaired) electrons. The molecule has 0 saturated carbocycles. The highest BCUT2D eigenvalue weighted by molar-refractivity contribution is 5.49. The fourth-order valence-corrected chi connectivity index (χ4v) is 2.41. The van der Waals surface area contributed by atoms with Crippen LogP contribution in [0.4, 0.5) is 11.6 Å². The Morgan fingerprint density at radius 1 is 1.35 bits per heavy atom. The molecule has 0 atom stereocenters. The van der Waals surface area contributed by atoms with Crippen LogP contribution >= 0.6 is 0 Å². The van der Waals surface area contributed by atoms with Crippen LogP contribution in [0.15, 0.2) is 6.07 Å². The molecular weight excluding hydrogens is 212 g/mol. The summed E-state index contributed by atoms with van der Waals surface area (Å²) in [6, 6.07) is 2.04. The van der Waals surface area contributed by atoms with Crippen LogP contribution < -0.4 is 10.2 Å². The summed E-state index contributed by atoms with van der Waals surface area (Å²) in [7, 11) is 1.90. The predicted octanol–water partition coefficient (Wildman–Crippen LogP) is 2.45. The molecule has 0 amide bonds. The average Bonchev–Trinajstić information content (AvgIpc) is 2.38. The molecule has 1 aliphatic heterocycles. The predicted molar refractivity (Wildman–Crippen MR) is 71.5 cm³/mol. The minimum Gasteiger partial charge on any atom is -0.373 e. The number of aromatic nitrogens is 2. The fourth-order valence-electron chi connectivity index (χ4n) is 2.41. The van der Waals surface area contributed by atoms with E-state index in [0.717, 1.165) is 36.5 Å². The van der Waals surface area contributed by atoms with Crippen molar-refractivity contribution in [2.45, 2.75) is 33.1 Å². The van der Waals surface area contributed by atoms with Crippen molar-refractivity contribution in [1.82, 2.24) is 9.97 Å². The van der Waals surface area contributed by atoms with Crippen LogP contribution in [-0.4, -0.2) is 30.1 Å². The Morgan fingerprint density at radius 2 is 2.06 bits per heavy atom. The van der Waals surface area contributed by atoms with Crippen LogP contribution in [0.25, 0.3) is 0 Å². The van der Waals surface area contributed by atoms with E-state index in [-0.39, 0.29) is 0 Å². The Morgan fingerprint density at radius 3 is 2.65 bits per heavy atom. The molecule has 4 nitrogen and oxygen atoms in total. The van der Waals surface area contributed by atoms with Gasteiger partial charge in [-0.2, -0.15) is 0 Å². The van der Waals surface area contributed by atoms with E-state index in [2.05, 4.69) is 27.1 Å². The summed E-state index contributed by atoms with van der Waals surface area (Å²) in [5, 5.41) is 3.09. The lowest BCUT2D eigenvalue weighted by molar-refractivity contribution is 0.393. The van der Waals surface area contributed by atoms with Crippen molar-refractivity contribution in [2.24, 2.45) is 5.92 Å². The molecule has 1 aromatic heterocycles. The minimum absolute atomic E-state index is 0.837. The first kappa shape index (κ1) is 12.1. The summed E-state index contributed by atoms with van der Waals surface area (Å²) in [5.74, 6) is 3.71. The van der Waals surface area contributed by atoms with Gasteiger partial charge in [0, 0.05) is 26.2 Å². The van der Waals surface area contributed by atoms with E-state index in [1.54, 1.807) is 0 Å². The maximum atomic E-state index is 4.53. The van der Waals surface area contributed by atoms with E-state index in [0.29, 0.717) is 0 Å².